The number of hydrogen-bond acceptors (Lipinski definition) is 2. The quantitative estimate of drug-likeness (QED) is 0.513. The zero-order chi connectivity index (χ0) is 8.27. The summed E-state index contributed by atoms with van der Waals surface area (Å²) < 4.78 is 0. The molecule has 0 aliphatic carbocycles. The number of benzene rings is 1. The molecule has 0 fully saturated rings. The van der Waals surface area contributed by atoms with E-state index >= 15 is 0 Å². The predicted molar refractivity (Wildman–Crippen MR) is 52.1 cm³/mol. The van der Waals surface area contributed by atoms with Crippen molar-refractivity contribution in [2.75, 3.05) is 5.73 Å². The van der Waals surface area contributed by atoms with Gasteiger partial charge in [-0.1, -0.05) is 19.4 Å². The van der Waals surface area contributed by atoms with Crippen LogP contribution in [0.5, 0.6) is 0 Å². The van der Waals surface area contributed by atoms with Crippen molar-refractivity contribution in [1.82, 2.24) is 0 Å². The highest BCUT2D eigenvalue weighted by Gasteiger charge is 1.95. The van der Waals surface area contributed by atoms with Crippen molar-refractivity contribution in [3.8, 4) is 0 Å². The van der Waals surface area contributed by atoms with Crippen LogP contribution in [0.2, 0.25) is 0 Å². The molecule has 0 aromatic heterocycles. The fourth-order valence-electron chi connectivity index (χ4n) is 1.03. The van der Waals surface area contributed by atoms with Gasteiger partial charge in [-0.25, -0.2) is 0 Å². The van der Waals surface area contributed by atoms with Gasteiger partial charge in [0, 0.05) is 10.6 Å². The second kappa shape index (κ2) is 3.67. The van der Waals surface area contributed by atoms with Gasteiger partial charge >= 0.3 is 0 Å². The van der Waals surface area contributed by atoms with Crippen molar-refractivity contribution in [3.05, 3.63) is 23.8 Å². The molecule has 0 saturated heterocycles. The van der Waals surface area contributed by atoms with Gasteiger partial charge in [0.25, 0.3) is 0 Å². The Morgan fingerprint density at radius 1 is 1.45 bits per heavy atom. The average molecular weight is 167 g/mol. The highest BCUT2D eigenvalue weighted by atomic mass is 32.1. The molecule has 60 valence electrons. The van der Waals surface area contributed by atoms with E-state index in [1.807, 2.05) is 12.1 Å². The van der Waals surface area contributed by atoms with Gasteiger partial charge in [-0.2, -0.15) is 0 Å². The van der Waals surface area contributed by atoms with Crippen molar-refractivity contribution in [2.45, 2.75) is 24.7 Å². The molecule has 2 heteroatoms. The Balaban J connectivity index is 2.86. The molecule has 0 amide bonds. The van der Waals surface area contributed by atoms with E-state index < -0.39 is 0 Å². The minimum atomic E-state index is 0.758. The molecule has 0 aliphatic rings. The average Bonchev–Trinajstić information content (AvgIpc) is 1.98. The summed E-state index contributed by atoms with van der Waals surface area (Å²) in [4.78, 5) is 0.885. The summed E-state index contributed by atoms with van der Waals surface area (Å²) in [5, 5.41) is 0. The van der Waals surface area contributed by atoms with Crippen LogP contribution in [0.1, 0.15) is 18.9 Å². The predicted octanol–water partition coefficient (Wildman–Crippen LogP) is 2.51. The van der Waals surface area contributed by atoms with Gasteiger partial charge in [0.05, 0.1) is 0 Å². The van der Waals surface area contributed by atoms with Gasteiger partial charge in [-0.05, 0) is 24.1 Å². The summed E-state index contributed by atoms with van der Waals surface area (Å²) in [5.74, 6) is 0. The molecule has 0 bridgehead atoms. The monoisotopic (exact) mass is 167 g/mol. The van der Waals surface area contributed by atoms with E-state index in [1.165, 1.54) is 5.56 Å². The summed E-state index contributed by atoms with van der Waals surface area (Å²) in [6, 6.07) is 5.99. The van der Waals surface area contributed by atoms with Crippen LogP contribution in [0.3, 0.4) is 0 Å². The van der Waals surface area contributed by atoms with Crippen LogP contribution in [-0.4, -0.2) is 0 Å². The van der Waals surface area contributed by atoms with Crippen LogP contribution in [0.15, 0.2) is 23.1 Å². The highest BCUT2D eigenvalue weighted by Crippen LogP contribution is 2.18. The fourth-order valence-corrected chi connectivity index (χ4v) is 1.27. The van der Waals surface area contributed by atoms with E-state index in [4.69, 9.17) is 5.73 Å². The molecule has 0 atom stereocenters. The van der Waals surface area contributed by atoms with E-state index in [0.717, 1.165) is 23.4 Å². The third-order valence-corrected chi connectivity index (χ3v) is 2.02. The SMILES string of the molecule is CCCc1ccc(N)c(S)c1. The Morgan fingerprint density at radius 3 is 2.73 bits per heavy atom. The summed E-state index contributed by atoms with van der Waals surface area (Å²) >= 11 is 4.24. The number of nitrogen functional groups attached to an aromatic ring is 1. The number of rotatable bonds is 2. The van der Waals surface area contributed by atoms with Gasteiger partial charge in [0.15, 0.2) is 0 Å². The first-order valence-electron chi connectivity index (χ1n) is 3.81. The summed E-state index contributed by atoms with van der Waals surface area (Å²) in [5.41, 5.74) is 7.68. The normalized spacial score (nSPS) is 10.0. The van der Waals surface area contributed by atoms with Crippen LogP contribution >= 0.6 is 12.6 Å². The molecule has 0 heterocycles. The molecular weight excluding hydrogens is 154 g/mol. The molecule has 11 heavy (non-hydrogen) atoms. The van der Waals surface area contributed by atoms with Gasteiger partial charge in [-0.3, -0.25) is 0 Å². The second-order valence-electron chi connectivity index (χ2n) is 2.64. The Labute approximate surface area is 73.0 Å². The fraction of sp³-hybridized carbons (Fsp3) is 0.333. The van der Waals surface area contributed by atoms with Crippen molar-refractivity contribution < 1.29 is 0 Å². The van der Waals surface area contributed by atoms with Gasteiger partial charge in [-0.15, -0.1) is 12.6 Å². The minimum Gasteiger partial charge on any atom is -0.398 e. The number of hydrogen-bond donors (Lipinski definition) is 2. The largest absolute Gasteiger partial charge is 0.398 e. The van der Waals surface area contributed by atoms with Crippen molar-refractivity contribution in [2.24, 2.45) is 0 Å². The smallest absolute Gasteiger partial charge is 0.0449 e. The summed E-state index contributed by atoms with van der Waals surface area (Å²) in [6.45, 7) is 2.16. The van der Waals surface area contributed by atoms with Crippen LogP contribution in [0.4, 0.5) is 5.69 Å². The molecular formula is C9H13NS. The number of anilines is 1. The molecule has 1 rings (SSSR count). The summed E-state index contributed by atoms with van der Waals surface area (Å²) in [6.07, 6.45) is 2.27. The van der Waals surface area contributed by atoms with Crippen molar-refractivity contribution >= 4 is 18.3 Å². The maximum atomic E-state index is 5.61. The number of nitrogens with two attached hydrogens (primary N) is 1. The molecule has 1 nitrogen and oxygen atoms in total. The first kappa shape index (κ1) is 8.47. The van der Waals surface area contributed by atoms with Gasteiger partial charge in [0.2, 0.25) is 0 Å². The van der Waals surface area contributed by atoms with Gasteiger partial charge in [0.1, 0.15) is 0 Å². The molecule has 1 aromatic carbocycles. The van der Waals surface area contributed by atoms with Crippen LogP contribution in [0.25, 0.3) is 0 Å². The number of thiol groups is 1. The maximum absolute atomic E-state index is 5.61. The van der Waals surface area contributed by atoms with E-state index in [2.05, 4.69) is 25.6 Å². The second-order valence-corrected chi connectivity index (χ2v) is 3.12. The topological polar surface area (TPSA) is 26.0 Å². The first-order chi connectivity index (χ1) is 5.24. The molecule has 1 aromatic rings. The van der Waals surface area contributed by atoms with Crippen molar-refractivity contribution in [3.63, 3.8) is 0 Å². The Morgan fingerprint density at radius 2 is 2.18 bits per heavy atom. The zero-order valence-electron chi connectivity index (χ0n) is 6.67. The Kier molecular flexibility index (Phi) is 2.83. The molecule has 0 aliphatic heterocycles. The van der Waals surface area contributed by atoms with Crippen molar-refractivity contribution in [1.29, 1.82) is 0 Å². The van der Waals surface area contributed by atoms with E-state index in [1.54, 1.807) is 0 Å². The van der Waals surface area contributed by atoms with Crippen LogP contribution < -0.4 is 5.73 Å². The highest BCUT2D eigenvalue weighted by molar-refractivity contribution is 7.80. The maximum Gasteiger partial charge on any atom is 0.0449 e. The minimum absolute atomic E-state index is 0.758. The molecule has 2 N–H and O–H groups in total. The third-order valence-electron chi connectivity index (χ3n) is 1.63. The Hall–Kier alpha value is -0.630. The standard InChI is InChI=1S/C9H13NS/c1-2-3-7-4-5-8(10)9(11)6-7/h4-6,11H,2-3,10H2,1H3. The molecule has 0 spiro atoms. The van der Waals surface area contributed by atoms with Crippen LogP contribution in [0, 0.1) is 0 Å². The van der Waals surface area contributed by atoms with E-state index in [-0.39, 0.29) is 0 Å². The zero-order valence-corrected chi connectivity index (χ0v) is 7.57. The summed E-state index contributed by atoms with van der Waals surface area (Å²) in [7, 11) is 0. The number of aryl methyl sites for hydroxylation is 1. The first-order valence-corrected chi connectivity index (χ1v) is 4.26. The lowest BCUT2D eigenvalue weighted by Gasteiger charge is -2.01. The van der Waals surface area contributed by atoms with Gasteiger partial charge < -0.3 is 5.73 Å². The van der Waals surface area contributed by atoms with E-state index in [9.17, 15) is 0 Å². The lowest BCUT2D eigenvalue weighted by atomic mass is 10.1. The lowest BCUT2D eigenvalue weighted by Crippen LogP contribution is -1.89. The molecule has 0 saturated carbocycles. The van der Waals surface area contributed by atoms with Crippen LogP contribution in [-0.2, 0) is 6.42 Å². The molecule has 0 unspecified atom stereocenters. The Bertz CT molecular complexity index is 245. The third kappa shape index (κ3) is 2.15. The molecule has 0 radical (unpaired) electrons. The lowest BCUT2D eigenvalue weighted by molar-refractivity contribution is 0.918. The van der Waals surface area contributed by atoms with E-state index in [0.29, 0.717) is 0 Å².